The number of hydrogen-bond donors (Lipinski definition) is 0. The van der Waals surface area contributed by atoms with Crippen LogP contribution in [0.25, 0.3) is 0 Å². The molecule has 0 aliphatic carbocycles. The Morgan fingerprint density at radius 2 is 1.90 bits per heavy atom. The molecule has 0 N–H and O–H groups in total. The summed E-state index contributed by atoms with van der Waals surface area (Å²) in [5.74, 6) is 1.25. The number of carbonyl (C=O) groups excluding carboxylic acids is 1. The van der Waals surface area contributed by atoms with Gasteiger partial charge >= 0.3 is 0 Å². The van der Waals surface area contributed by atoms with Gasteiger partial charge < -0.3 is 9.47 Å². The van der Waals surface area contributed by atoms with Crippen LogP contribution >= 0.6 is 11.6 Å². The third-order valence-electron chi connectivity index (χ3n) is 3.11. The van der Waals surface area contributed by atoms with Gasteiger partial charge in [0, 0.05) is 11.1 Å². The van der Waals surface area contributed by atoms with Gasteiger partial charge in [0.15, 0.2) is 5.78 Å². The lowest BCUT2D eigenvalue weighted by atomic mass is 9.95. The van der Waals surface area contributed by atoms with E-state index in [0.717, 1.165) is 5.56 Å². The number of benzene rings is 2. The first-order valence-electron chi connectivity index (χ1n) is 6.72. The van der Waals surface area contributed by atoms with Crippen molar-refractivity contribution in [2.45, 2.75) is 12.9 Å². The van der Waals surface area contributed by atoms with E-state index in [9.17, 15) is 4.79 Å². The second kappa shape index (κ2) is 7.18. The van der Waals surface area contributed by atoms with Gasteiger partial charge in [0.05, 0.1) is 12.7 Å². The maximum atomic E-state index is 11.8. The minimum Gasteiger partial charge on any atom is -0.496 e. The van der Waals surface area contributed by atoms with Gasteiger partial charge in [-0.05, 0) is 36.1 Å². The van der Waals surface area contributed by atoms with E-state index in [2.05, 4.69) is 0 Å². The average Bonchev–Trinajstić information content (AvgIpc) is 2.53. The molecule has 0 saturated carbocycles. The maximum absolute atomic E-state index is 11.8. The van der Waals surface area contributed by atoms with Crippen molar-refractivity contribution in [3.8, 4) is 11.5 Å². The van der Waals surface area contributed by atoms with Gasteiger partial charge in [0.2, 0.25) is 0 Å². The fourth-order valence-electron chi connectivity index (χ4n) is 1.93. The summed E-state index contributed by atoms with van der Waals surface area (Å²) in [5.41, 5.74) is 1.60. The normalized spacial score (nSPS) is 10.2. The molecule has 0 heterocycles. The number of ether oxygens (including phenoxy) is 2. The van der Waals surface area contributed by atoms with Crippen LogP contribution in [0.3, 0.4) is 0 Å². The lowest BCUT2D eigenvalue weighted by molar-refractivity contribution is 0.101. The lowest BCUT2D eigenvalue weighted by Gasteiger charge is -2.11. The highest BCUT2D eigenvalue weighted by molar-refractivity contribution is 6.30. The van der Waals surface area contributed by atoms with Gasteiger partial charge in [0.25, 0.3) is 0 Å². The zero-order chi connectivity index (χ0) is 15.2. The molecule has 0 atom stereocenters. The lowest BCUT2D eigenvalue weighted by Crippen LogP contribution is -2.02. The van der Waals surface area contributed by atoms with E-state index < -0.39 is 0 Å². The topological polar surface area (TPSA) is 35.5 Å². The third-order valence-corrected chi connectivity index (χ3v) is 3.37. The Morgan fingerprint density at radius 3 is 2.52 bits per heavy atom. The second-order valence-electron chi connectivity index (χ2n) is 4.55. The minimum absolute atomic E-state index is 0.0519. The van der Waals surface area contributed by atoms with Gasteiger partial charge in [-0.15, -0.1) is 0 Å². The quantitative estimate of drug-likeness (QED) is 0.607. The van der Waals surface area contributed by atoms with Crippen LogP contribution in [0, 0.1) is 0 Å². The molecular formula is C16H16BClO3. The number of Topliss-reactive ketones (excluding diaryl/α,β-unsaturated/α-hetero) is 1. The molecule has 0 aromatic heterocycles. The Bertz CT molecular complexity index is 626. The van der Waals surface area contributed by atoms with E-state index >= 15 is 0 Å². The molecule has 0 spiro atoms. The highest BCUT2D eigenvalue weighted by Crippen LogP contribution is 2.26. The van der Waals surface area contributed by atoms with Crippen molar-refractivity contribution in [1.29, 1.82) is 0 Å². The van der Waals surface area contributed by atoms with Gasteiger partial charge in [-0.1, -0.05) is 23.7 Å². The number of hydrogen-bond acceptors (Lipinski definition) is 3. The summed E-state index contributed by atoms with van der Waals surface area (Å²) < 4.78 is 11.0. The predicted octanol–water partition coefficient (Wildman–Crippen LogP) is 3.16. The first kappa shape index (κ1) is 15.5. The van der Waals surface area contributed by atoms with Gasteiger partial charge in [-0.2, -0.15) is 0 Å². The van der Waals surface area contributed by atoms with E-state index in [0.29, 0.717) is 35.0 Å². The van der Waals surface area contributed by atoms with Crippen molar-refractivity contribution in [3.63, 3.8) is 0 Å². The van der Waals surface area contributed by atoms with Crippen molar-refractivity contribution in [1.82, 2.24) is 0 Å². The molecule has 0 fully saturated rings. The second-order valence-corrected chi connectivity index (χ2v) is 4.99. The molecule has 2 aromatic carbocycles. The molecule has 3 nitrogen and oxygen atoms in total. The fourth-order valence-corrected chi connectivity index (χ4v) is 2.06. The Kier molecular flexibility index (Phi) is 5.29. The van der Waals surface area contributed by atoms with Crippen LogP contribution in [-0.4, -0.2) is 20.7 Å². The molecule has 0 unspecified atom stereocenters. The first-order chi connectivity index (χ1) is 10.1. The average molecular weight is 303 g/mol. The maximum Gasteiger partial charge on any atom is 0.158 e. The number of carbonyl (C=O) groups is 1. The van der Waals surface area contributed by atoms with Gasteiger partial charge in [-0.3, -0.25) is 4.79 Å². The molecule has 0 saturated heterocycles. The highest BCUT2D eigenvalue weighted by Gasteiger charge is 2.11. The summed E-state index contributed by atoms with van der Waals surface area (Å²) in [6.45, 7) is 0.432. The molecular weight excluding hydrogens is 286 g/mol. The summed E-state index contributed by atoms with van der Waals surface area (Å²) in [6, 6.07) is 12.7. The molecule has 0 aliphatic rings. The summed E-state index contributed by atoms with van der Waals surface area (Å²) in [4.78, 5) is 11.8. The van der Waals surface area contributed by atoms with Crippen molar-refractivity contribution >= 4 is 25.2 Å². The van der Waals surface area contributed by atoms with Gasteiger partial charge in [-0.25, -0.2) is 0 Å². The van der Waals surface area contributed by atoms with E-state index in [1.165, 1.54) is 0 Å². The van der Waals surface area contributed by atoms with Gasteiger partial charge in [0.1, 0.15) is 26.0 Å². The van der Waals surface area contributed by atoms with E-state index in [1.54, 1.807) is 25.3 Å². The fraction of sp³-hybridized carbons (Fsp3) is 0.188. The molecule has 0 radical (unpaired) electrons. The van der Waals surface area contributed by atoms with Crippen molar-refractivity contribution in [2.75, 3.05) is 7.11 Å². The Morgan fingerprint density at radius 1 is 1.19 bits per heavy atom. The molecule has 0 amide bonds. The van der Waals surface area contributed by atoms with Crippen LogP contribution < -0.4 is 9.47 Å². The summed E-state index contributed by atoms with van der Waals surface area (Å²) in [6.07, 6.45) is 0.446. The molecule has 5 heteroatoms. The molecule has 0 aliphatic heterocycles. The predicted molar refractivity (Wildman–Crippen MR) is 86.5 cm³/mol. The van der Waals surface area contributed by atoms with Crippen LogP contribution in [-0.2, 0) is 6.61 Å². The van der Waals surface area contributed by atoms with Crippen molar-refractivity contribution in [3.05, 3.63) is 58.6 Å². The zero-order valence-corrected chi connectivity index (χ0v) is 12.8. The number of ketones is 1. The molecule has 2 rings (SSSR count). The monoisotopic (exact) mass is 302 g/mol. The standard InChI is InChI=1S/C16H16BClO3/c1-20-16-8-13(6-7-14(16)15(19)9-17)21-10-11-2-4-12(18)5-3-11/h2-8H,9-10,17H2,1H3. The number of methoxy groups -OCH3 is 1. The van der Waals surface area contributed by atoms with Crippen LogP contribution in [0.2, 0.25) is 11.3 Å². The summed E-state index contributed by atoms with van der Waals surface area (Å²) in [7, 11) is 3.37. The Hall–Kier alpha value is -1.94. The molecule has 108 valence electrons. The van der Waals surface area contributed by atoms with Crippen LogP contribution in [0.15, 0.2) is 42.5 Å². The van der Waals surface area contributed by atoms with E-state index in [-0.39, 0.29) is 5.78 Å². The molecule has 0 bridgehead atoms. The third kappa shape index (κ3) is 4.02. The van der Waals surface area contributed by atoms with Crippen LogP contribution in [0.1, 0.15) is 15.9 Å². The number of halogens is 1. The molecule has 2 aromatic rings. The minimum atomic E-state index is 0.0519. The van der Waals surface area contributed by atoms with E-state index in [4.69, 9.17) is 21.1 Å². The first-order valence-corrected chi connectivity index (χ1v) is 7.10. The Labute approximate surface area is 130 Å². The largest absolute Gasteiger partial charge is 0.496 e. The smallest absolute Gasteiger partial charge is 0.158 e. The Balaban J connectivity index is 2.10. The van der Waals surface area contributed by atoms with Crippen LogP contribution in [0.4, 0.5) is 0 Å². The van der Waals surface area contributed by atoms with Crippen molar-refractivity contribution in [2.24, 2.45) is 0 Å². The van der Waals surface area contributed by atoms with E-state index in [1.807, 2.05) is 32.1 Å². The van der Waals surface area contributed by atoms with Crippen LogP contribution in [0.5, 0.6) is 11.5 Å². The zero-order valence-electron chi connectivity index (χ0n) is 12.1. The molecule has 21 heavy (non-hydrogen) atoms. The summed E-state index contributed by atoms with van der Waals surface area (Å²) >= 11 is 5.84. The SMILES string of the molecule is BCC(=O)c1ccc(OCc2ccc(Cl)cc2)cc1OC. The highest BCUT2D eigenvalue weighted by atomic mass is 35.5. The summed E-state index contributed by atoms with van der Waals surface area (Å²) in [5, 5.41) is 0.697. The number of rotatable bonds is 6. The van der Waals surface area contributed by atoms with Crippen molar-refractivity contribution < 1.29 is 14.3 Å².